The van der Waals surface area contributed by atoms with Crippen LogP contribution in [-0.4, -0.2) is 5.11 Å². The summed E-state index contributed by atoms with van der Waals surface area (Å²) < 4.78 is 0. The number of benzene rings is 3. The first kappa shape index (κ1) is 27.5. The molecule has 0 bridgehead atoms. The normalized spacial score (nSPS) is 13.9. The van der Waals surface area contributed by atoms with Gasteiger partial charge in [0, 0.05) is 11.1 Å². The van der Waals surface area contributed by atoms with Gasteiger partial charge in [0.2, 0.25) is 0 Å². The molecule has 172 valence electrons. The van der Waals surface area contributed by atoms with Gasteiger partial charge in [0.1, 0.15) is 5.75 Å². The maximum absolute atomic E-state index is 10.6. The molecule has 0 saturated carbocycles. The second-order valence-corrected chi connectivity index (χ2v) is 11.2. The fourth-order valence-corrected chi connectivity index (χ4v) is 3.86. The van der Waals surface area contributed by atoms with Gasteiger partial charge in [0.25, 0.3) is 0 Å². The van der Waals surface area contributed by atoms with E-state index in [1.807, 2.05) is 72.8 Å². The number of allylic oxidation sites excluding steroid dienone is 4. The second kappa shape index (κ2) is 12.6. The van der Waals surface area contributed by atoms with Crippen LogP contribution in [0.2, 0.25) is 0 Å². The van der Waals surface area contributed by atoms with Crippen molar-refractivity contribution in [2.24, 2.45) is 5.41 Å². The van der Waals surface area contributed by atoms with Gasteiger partial charge in [-0.3, -0.25) is 6.08 Å². The fraction of sp³-hybridized carbons (Fsp3) is 0.241. The fourth-order valence-electron chi connectivity index (χ4n) is 3.86. The summed E-state index contributed by atoms with van der Waals surface area (Å²) in [5.41, 5.74) is 9.36. The minimum absolute atomic E-state index is 0.189. The van der Waals surface area contributed by atoms with Crippen molar-refractivity contribution in [2.75, 3.05) is 0 Å². The standard InChI is InChI=1S/C19H16O.C10H15.2ClH.Ti/c1-14-12-17(15-8-4-2-5-9-15)19(20)18(13-14)16-10-6-3-7-11-16;1-7-6-10(4,5)9(3)8(7)2;;;/h2-13,20H,1H3;1-5H3;2*1H;/q;-1;;;+2/p-2. The summed E-state index contributed by atoms with van der Waals surface area (Å²) in [5, 5.41) is 10.6. The van der Waals surface area contributed by atoms with Gasteiger partial charge >= 0.3 is 35.6 Å². The molecule has 1 aliphatic carbocycles. The topological polar surface area (TPSA) is 20.2 Å². The average Bonchev–Trinajstić information content (AvgIpc) is 2.98. The van der Waals surface area contributed by atoms with E-state index in [9.17, 15) is 5.11 Å². The van der Waals surface area contributed by atoms with Gasteiger partial charge in [-0.05, 0) is 35.7 Å². The SMILES string of the molecule is CC1=[C-]C(C)(C)C(C)=C1C.Cc1cc(-c2ccccc2)c(O)c(-c2ccccc2)c1.[Cl][Ti][Cl]. The van der Waals surface area contributed by atoms with Crippen molar-refractivity contribution >= 4 is 18.6 Å². The summed E-state index contributed by atoms with van der Waals surface area (Å²) in [6.45, 7) is 13.0. The number of phenolic OH excluding ortho intramolecular Hbond substituents is 1. The van der Waals surface area contributed by atoms with Crippen molar-refractivity contribution in [1.29, 1.82) is 0 Å². The number of hydrogen-bond acceptors (Lipinski definition) is 1. The molecule has 33 heavy (non-hydrogen) atoms. The zero-order valence-corrected chi connectivity index (χ0v) is 23.2. The Morgan fingerprint density at radius 1 is 0.758 bits per heavy atom. The third-order valence-electron chi connectivity index (χ3n) is 5.99. The minimum atomic E-state index is -0.556. The van der Waals surface area contributed by atoms with Gasteiger partial charge in [0.15, 0.2) is 0 Å². The van der Waals surface area contributed by atoms with Crippen LogP contribution in [0, 0.1) is 18.4 Å². The van der Waals surface area contributed by atoms with E-state index in [0.29, 0.717) is 5.75 Å². The zero-order chi connectivity index (χ0) is 24.6. The van der Waals surface area contributed by atoms with Crippen LogP contribution in [0.25, 0.3) is 22.3 Å². The molecule has 0 saturated heterocycles. The summed E-state index contributed by atoms with van der Waals surface area (Å²) in [4.78, 5) is 0. The van der Waals surface area contributed by atoms with E-state index in [1.165, 1.54) is 16.7 Å². The molecule has 0 heterocycles. The van der Waals surface area contributed by atoms with Gasteiger partial charge in [-0.1, -0.05) is 93.8 Å². The molecule has 1 nitrogen and oxygen atoms in total. The van der Waals surface area contributed by atoms with E-state index in [4.69, 9.17) is 18.6 Å². The number of aryl methyl sites for hydroxylation is 1. The molecule has 1 N–H and O–H groups in total. The van der Waals surface area contributed by atoms with Crippen molar-refractivity contribution in [2.45, 2.75) is 41.5 Å². The predicted molar refractivity (Wildman–Crippen MR) is 140 cm³/mol. The van der Waals surface area contributed by atoms with E-state index < -0.39 is 17.0 Å². The zero-order valence-electron chi connectivity index (χ0n) is 20.1. The van der Waals surface area contributed by atoms with Crippen LogP contribution in [0.1, 0.15) is 40.2 Å². The molecule has 0 unspecified atom stereocenters. The van der Waals surface area contributed by atoms with Gasteiger partial charge < -0.3 is 5.11 Å². The van der Waals surface area contributed by atoms with Crippen molar-refractivity contribution in [3.63, 3.8) is 0 Å². The Hall–Kier alpha value is -1.77. The molecule has 1 aliphatic rings. The summed E-state index contributed by atoms with van der Waals surface area (Å²) in [6.07, 6.45) is 3.44. The summed E-state index contributed by atoms with van der Waals surface area (Å²) in [5.74, 6) is 0.341. The molecule has 4 rings (SSSR count). The van der Waals surface area contributed by atoms with E-state index in [0.717, 1.165) is 27.8 Å². The van der Waals surface area contributed by atoms with Crippen LogP contribution in [0.15, 0.2) is 89.5 Å². The van der Waals surface area contributed by atoms with Crippen molar-refractivity contribution in [3.8, 4) is 28.0 Å². The molecule has 4 heteroatoms. The van der Waals surface area contributed by atoms with Gasteiger partial charge in [-0.15, -0.1) is 6.92 Å². The van der Waals surface area contributed by atoms with Crippen LogP contribution in [0.5, 0.6) is 5.75 Å². The van der Waals surface area contributed by atoms with Gasteiger partial charge in [0.05, 0.1) is 0 Å². The first-order valence-electron chi connectivity index (χ1n) is 10.8. The van der Waals surface area contributed by atoms with Gasteiger partial charge in [-0.25, -0.2) is 5.57 Å². The van der Waals surface area contributed by atoms with Crippen molar-refractivity contribution < 1.29 is 22.1 Å². The molecule has 0 aromatic heterocycles. The first-order valence-corrected chi connectivity index (χ1v) is 15.1. The molecular weight excluding hydrogens is 483 g/mol. The Labute approximate surface area is 215 Å². The molecular formula is C29H31Cl2OTi-. The van der Waals surface area contributed by atoms with Crippen LogP contribution in [-0.2, 0) is 17.0 Å². The molecule has 0 radical (unpaired) electrons. The van der Waals surface area contributed by atoms with Crippen molar-refractivity contribution in [1.82, 2.24) is 0 Å². The summed E-state index contributed by atoms with van der Waals surface area (Å²) in [7, 11) is 9.78. The molecule has 0 amide bonds. The monoisotopic (exact) mass is 513 g/mol. The Balaban J connectivity index is 0.000000249. The Bertz CT molecular complexity index is 1060. The molecule has 0 aliphatic heterocycles. The Kier molecular flexibility index (Phi) is 10.5. The number of rotatable bonds is 2. The van der Waals surface area contributed by atoms with E-state index in [-0.39, 0.29) is 5.41 Å². The first-order chi connectivity index (χ1) is 15.6. The quantitative estimate of drug-likeness (QED) is 0.267. The number of phenols is 1. The number of aromatic hydroxyl groups is 1. The summed E-state index contributed by atoms with van der Waals surface area (Å²) >= 11 is -0.556. The van der Waals surface area contributed by atoms with E-state index in [1.54, 1.807) is 0 Å². The van der Waals surface area contributed by atoms with Gasteiger partial charge in [-0.2, -0.15) is 11.1 Å². The van der Waals surface area contributed by atoms with Crippen LogP contribution in [0.4, 0.5) is 0 Å². The molecule has 0 atom stereocenters. The van der Waals surface area contributed by atoms with E-state index in [2.05, 4.69) is 47.6 Å². The number of halogens is 2. The molecule has 3 aromatic carbocycles. The van der Waals surface area contributed by atoms with E-state index >= 15 is 0 Å². The van der Waals surface area contributed by atoms with Crippen LogP contribution in [0.3, 0.4) is 0 Å². The predicted octanol–water partition coefficient (Wildman–Crippen LogP) is 9.52. The third kappa shape index (κ3) is 7.36. The average molecular weight is 514 g/mol. The van der Waals surface area contributed by atoms with Crippen LogP contribution < -0.4 is 0 Å². The summed E-state index contributed by atoms with van der Waals surface area (Å²) in [6, 6.07) is 24.0. The second-order valence-electron chi connectivity index (χ2n) is 8.64. The number of hydrogen-bond donors (Lipinski definition) is 1. The van der Waals surface area contributed by atoms with Crippen molar-refractivity contribution in [3.05, 3.63) is 101 Å². The molecule has 0 fully saturated rings. The van der Waals surface area contributed by atoms with Crippen LogP contribution >= 0.6 is 18.6 Å². The molecule has 0 spiro atoms. The Morgan fingerprint density at radius 3 is 1.42 bits per heavy atom. The maximum atomic E-state index is 10.6. The Morgan fingerprint density at radius 2 is 1.15 bits per heavy atom. The third-order valence-corrected chi connectivity index (χ3v) is 5.99. The molecule has 3 aromatic rings.